The van der Waals surface area contributed by atoms with Gasteiger partial charge in [-0.1, -0.05) is 42.5 Å². The molecular weight excluding hydrogens is 328 g/mol. The van der Waals surface area contributed by atoms with E-state index in [1.807, 2.05) is 49.4 Å². The summed E-state index contributed by atoms with van der Waals surface area (Å²) in [6, 6.07) is 24.5. The van der Waals surface area contributed by atoms with Gasteiger partial charge in [0.05, 0.1) is 6.61 Å². The molecule has 0 unspecified atom stereocenters. The summed E-state index contributed by atoms with van der Waals surface area (Å²) in [5.74, 6) is 1.39. The Morgan fingerprint density at radius 2 is 1.23 bits per heavy atom. The van der Waals surface area contributed by atoms with Gasteiger partial charge >= 0.3 is 5.97 Å². The fourth-order valence-electron chi connectivity index (χ4n) is 2.45. The van der Waals surface area contributed by atoms with E-state index in [9.17, 15) is 4.79 Å². The highest BCUT2D eigenvalue weighted by Crippen LogP contribution is 2.22. The van der Waals surface area contributed by atoms with Gasteiger partial charge in [0, 0.05) is 0 Å². The summed E-state index contributed by atoms with van der Waals surface area (Å²) in [7, 11) is 0. The monoisotopic (exact) mass is 348 g/mol. The second-order valence-electron chi connectivity index (χ2n) is 5.56. The second kappa shape index (κ2) is 8.72. The molecule has 0 heterocycles. The molecule has 0 saturated carbocycles. The first kappa shape index (κ1) is 17.5. The minimum absolute atomic E-state index is 0.158. The van der Waals surface area contributed by atoms with Crippen LogP contribution in [0.1, 0.15) is 6.92 Å². The predicted molar refractivity (Wildman–Crippen MR) is 101 cm³/mol. The van der Waals surface area contributed by atoms with Gasteiger partial charge in [-0.05, 0) is 54.4 Å². The fraction of sp³-hybridized carbons (Fsp3) is 0.136. The average molecular weight is 348 g/mol. The number of carbonyl (C=O) groups is 1. The molecule has 3 rings (SSSR count). The van der Waals surface area contributed by atoms with Crippen molar-refractivity contribution in [3.63, 3.8) is 0 Å². The molecular formula is C22H20O4. The van der Waals surface area contributed by atoms with Crippen molar-refractivity contribution in [3.8, 4) is 28.4 Å². The minimum Gasteiger partial charge on any atom is -0.494 e. The van der Waals surface area contributed by atoms with Crippen LogP contribution in [0, 0.1) is 0 Å². The molecule has 0 aliphatic heterocycles. The Balaban J connectivity index is 1.51. The first-order valence-electron chi connectivity index (χ1n) is 8.46. The summed E-state index contributed by atoms with van der Waals surface area (Å²) >= 11 is 0. The van der Waals surface area contributed by atoms with Crippen LogP contribution < -0.4 is 14.2 Å². The van der Waals surface area contributed by atoms with Gasteiger partial charge in [-0.3, -0.25) is 0 Å². The van der Waals surface area contributed by atoms with Crippen LogP contribution in [0.15, 0.2) is 78.9 Å². The quantitative estimate of drug-likeness (QED) is 0.457. The highest BCUT2D eigenvalue weighted by atomic mass is 16.6. The van der Waals surface area contributed by atoms with Crippen molar-refractivity contribution in [3.05, 3.63) is 78.9 Å². The lowest BCUT2D eigenvalue weighted by molar-refractivity contribution is -0.136. The zero-order chi connectivity index (χ0) is 18.2. The van der Waals surface area contributed by atoms with Crippen LogP contribution in [0.3, 0.4) is 0 Å². The lowest BCUT2D eigenvalue weighted by Crippen LogP contribution is -2.17. The molecule has 0 N–H and O–H groups in total. The maximum absolute atomic E-state index is 11.9. The van der Waals surface area contributed by atoms with Crippen LogP contribution in [0.25, 0.3) is 11.1 Å². The molecule has 4 heteroatoms. The molecule has 0 saturated heterocycles. The van der Waals surface area contributed by atoms with Crippen LogP contribution in [0.4, 0.5) is 0 Å². The summed E-state index contributed by atoms with van der Waals surface area (Å²) in [6.45, 7) is 2.37. The van der Waals surface area contributed by atoms with Crippen molar-refractivity contribution >= 4 is 5.97 Å². The Morgan fingerprint density at radius 1 is 0.692 bits per heavy atom. The van der Waals surface area contributed by atoms with Gasteiger partial charge in [-0.2, -0.15) is 0 Å². The Labute approximate surface area is 153 Å². The number of ether oxygens (including phenoxy) is 3. The van der Waals surface area contributed by atoms with Crippen LogP contribution in [-0.4, -0.2) is 19.2 Å². The fourth-order valence-corrected chi connectivity index (χ4v) is 2.45. The first-order valence-corrected chi connectivity index (χ1v) is 8.46. The van der Waals surface area contributed by atoms with E-state index >= 15 is 0 Å². The van der Waals surface area contributed by atoms with E-state index in [0.717, 1.165) is 16.9 Å². The molecule has 26 heavy (non-hydrogen) atoms. The highest BCUT2D eigenvalue weighted by molar-refractivity contribution is 5.74. The topological polar surface area (TPSA) is 44.8 Å². The van der Waals surface area contributed by atoms with E-state index < -0.39 is 5.97 Å². The third kappa shape index (κ3) is 4.86. The summed E-state index contributed by atoms with van der Waals surface area (Å²) < 4.78 is 16.1. The molecule has 0 spiro atoms. The van der Waals surface area contributed by atoms with Crippen LogP contribution in [0.2, 0.25) is 0 Å². The molecule has 4 nitrogen and oxygen atoms in total. The Morgan fingerprint density at radius 3 is 1.85 bits per heavy atom. The first-order chi connectivity index (χ1) is 12.7. The predicted octanol–water partition coefficient (Wildman–Crippen LogP) is 4.74. The normalized spacial score (nSPS) is 10.2. The average Bonchev–Trinajstić information content (AvgIpc) is 2.69. The third-order valence-electron chi connectivity index (χ3n) is 3.68. The molecule has 0 aliphatic carbocycles. The Kier molecular flexibility index (Phi) is 5.88. The van der Waals surface area contributed by atoms with Crippen molar-refractivity contribution in [1.82, 2.24) is 0 Å². The van der Waals surface area contributed by atoms with Gasteiger partial charge in [-0.15, -0.1) is 0 Å². The summed E-state index contributed by atoms with van der Waals surface area (Å²) in [5.41, 5.74) is 2.18. The maximum Gasteiger partial charge on any atom is 0.349 e. The Hall–Kier alpha value is -3.27. The number of hydrogen-bond donors (Lipinski definition) is 0. The number of rotatable bonds is 7. The van der Waals surface area contributed by atoms with Crippen molar-refractivity contribution in [2.24, 2.45) is 0 Å². The molecule has 0 aliphatic rings. The summed E-state index contributed by atoms with van der Waals surface area (Å²) in [6.07, 6.45) is 0. The van der Waals surface area contributed by atoms with E-state index in [2.05, 4.69) is 0 Å². The van der Waals surface area contributed by atoms with Crippen molar-refractivity contribution in [1.29, 1.82) is 0 Å². The molecule has 3 aromatic carbocycles. The third-order valence-corrected chi connectivity index (χ3v) is 3.68. The lowest BCUT2D eigenvalue weighted by atomic mass is 10.1. The summed E-state index contributed by atoms with van der Waals surface area (Å²) in [5, 5.41) is 0. The van der Waals surface area contributed by atoms with E-state index in [1.165, 1.54) is 0 Å². The minimum atomic E-state index is -0.452. The van der Waals surface area contributed by atoms with E-state index in [0.29, 0.717) is 18.1 Å². The van der Waals surface area contributed by atoms with Gasteiger partial charge in [0.1, 0.15) is 17.2 Å². The Bertz CT molecular complexity index is 824. The van der Waals surface area contributed by atoms with E-state index in [-0.39, 0.29) is 6.61 Å². The maximum atomic E-state index is 11.9. The van der Waals surface area contributed by atoms with Crippen LogP contribution in [-0.2, 0) is 4.79 Å². The summed E-state index contributed by atoms with van der Waals surface area (Å²) in [4.78, 5) is 11.9. The number of carbonyl (C=O) groups excluding carboxylic acids is 1. The standard InChI is InChI=1S/C22H20O4/c1-2-24-19-12-14-20(15-13-19)25-16-22(23)26-21-10-8-18(9-11-21)17-6-4-3-5-7-17/h3-15H,2,16H2,1H3. The molecule has 0 amide bonds. The molecule has 0 bridgehead atoms. The molecule has 0 atom stereocenters. The van der Waals surface area contributed by atoms with Gasteiger partial charge in [-0.25, -0.2) is 4.79 Å². The van der Waals surface area contributed by atoms with Crippen LogP contribution >= 0.6 is 0 Å². The second-order valence-corrected chi connectivity index (χ2v) is 5.56. The highest BCUT2D eigenvalue weighted by Gasteiger charge is 2.07. The molecule has 0 fully saturated rings. The largest absolute Gasteiger partial charge is 0.494 e. The molecule has 132 valence electrons. The van der Waals surface area contributed by atoms with Gasteiger partial charge in [0.15, 0.2) is 6.61 Å². The molecule has 0 aromatic heterocycles. The van der Waals surface area contributed by atoms with Crippen molar-refractivity contribution in [2.45, 2.75) is 6.92 Å². The van der Waals surface area contributed by atoms with Crippen molar-refractivity contribution < 1.29 is 19.0 Å². The number of benzene rings is 3. The van der Waals surface area contributed by atoms with E-state index in [1.54, 1.807) is 36.4 Å². The smallest absolute Gasteiger partial charge is 0.349 e. The van der Waals surface area contributed by atoms with Gasteiger partial charge < -0.3 is 14.2 Å². The SMILES string of the molecule is CCOc1ccc(OCC(=O)Oc2ccc(-c3ccccc3)cc2)cc1. The van der Waals surface area contributed by atoms with Gasteiger partial charge in [0.2, 0.25) is 0 Å². The zero-order valence-electron chi connectivity index (χ0n) is 14.6. The van der Waals surface area contributed by atoms with Gasteiger partial charge in [0.25, 0.3) is 0 Å². The zero-order valence-corrected chi connectivity index (χ0v) is 14.6. The van der Waals surface area contributed by atoms with Crippen LogP contribution in [0.5, 0.6) is 17.2 Å². The molecule has 3 aromatic rings. The lowest BCUT2D eigenvalue weighted by Gasteiger charge is -2.08. The molecule has 0 radical (unpaired) electrons. The number of hydrogen-bond acceptors (Lipinski definition) is 4. The van der Waals surface area contributed by atoms with Crippen molar-refractivity contribution in [2.75, 3.05) is 13.2 Å². The van der Waals surface area contributed by atoms with E-state index in [4.69, 9.17) is 14.2 Å². The number of esters is 1.